The number of halogens is 1. The van der Waals surface area contributed by atoms with Crippen LogP contribution in [0.2, 0.25) is 0 Å². The third-order valence-electron chi connectivity index (χ3n) is 3.57. The van der Waals surface area contributed by atoms with Crippen molar-refractivity contribution < 1.29 is 18.5 Å². The Morgan fingerprint density at radius 2 is 1.92 bits per heavy atom. The van der Waals surface area contributed by atoms with E-state index in [9.17, 15) is 19.3 Å². The number of aryl methyl sites for hydroxylation is 1. The maximum atomic E-state index is 13.8. The molecule has 0 saturated heterocycles. The second-order valence-electron chi connectivity index (χ2n) is 5.38. The molecule has 0 radical (unpaired) electrons. The summed E-state index contributed by atoms with van der Waals surface area (Å²) >= 11 is 0. The molecule has 0 aliphatic carbocycles. The Kier molecular flexibility index (Phi) is 4.30. The molecule has 0 aliphatic rings. The minimum atomic E-state index is -0.658. The number of nitrogens with one attached hydrogen (secondary N) is 1. The Morgan fingerprint density at radius 1 is 1.16 bits per heavy atom. The summed E-state index contributed by atoms with van der Waals surface area (Å²) in [6.07, 6.45) is 0. The van der Waals surface area contributed by atoms with Crippen LogP contribution in [0.3, 0.4) is 0 Å². The van der Waals surface area contributed by atoms with Gasteiger partial charge in [0.2, 0.25) is 0 Å². The average Bonchev–Trinajstić information content (AvgIpc) is 3.06. The number of nitro benzene ring substituents is 1. The van der Waals surface area contributed by atoms with Gasteiger partial charge in [-0.25, -0.2) is 4.39 Å². The van der Waals surface area contributed by atoms with Gasteiger partial charge in [-0.1, -0.05) is 18.2 Å². The highest BCUT2D eigenvalue weighted by atomic mass is 19.1. The fourth-order valence-corrected chi connectivity index (χ4v) is 2.35. The first-order valence-corrected chi connectivity index (χ1v) is 7.37. The second kappa shape index (κ2) is 6.56. The molecule has 1 amide bonds. The topological polar surface area (TPSA) is 85.4 Å². The number of hydrogen-bond donors (Lipinski definition) is 1. The fourth-order valence-electron chi connectivity index (χ4n) is 2.35. The molecule has 1 N–H and O–H groups in total. The van der Waals surface area contributed by atoms with Gasteiger partial charge in [-0.05, 0) is 42.8 Å². The van der Waals surface area contributed by atoms with Crippen molar-refractivity contribution in [1.82, 2.24) is 0 Å². The molecule has 7 heteroatoms. The van der Waals surface area contributed by atoms with Crippen molar-refractivity contribution in [3.63, 3.8) is 0 Å². The lowest BCUT2D eigenvalue weighted by atomic mass is 10.1. The van der Waals surface area contributed by atoms with Crippen molar-refractivity contribution >= 4 is 17.3 Å². The largest absolute Gasteiger partial charge is 0.451 e. The number of nitro groups is 1. The molecule has 3 aromatic rings. The van der Waals surface area contributed by atoms with Crippen molar-refractivity contribution in [2.24, 2.45) is 0 Å². The lowest BCUT2D eigenvalue weighted by Crippen LogP contribution is -2.12. The van der Waals surface area contributed by atoms with E-state index >= 15 is 0 Å². The zero-order valence-corrected chi connectivity index (χ0v) is 13.2. The molecule has 0 bridgehead atoms. The van der Waals surface area contributed by atoms with Crippen molar-refractivity contribution in [2.75, 3.05) is 5.32 Å². The van der Waals surface area contributed by atoms with Crippen molar-refractivity contribution in [1.29, 1.82) is 0 Å². The molecule has 0 unspecified atom stereocenters. The maximum absolute atomic E-state index is 13.8. The smallest absolute Gasteiger partial charge is 0.293 e. The van der Waals surface area contributed by atoms with E-state index in [2.05, 4.69) is 5.32 Å². The van der Waals surface area contributed by atoms with Crippen LogP contribution in [0.1, 0.15) is 16.1 Å². The van der Waals surface area contributed by atoms with Gasteiger partial charge in [0.25, 0.3) is 11.6 Å². The van der Waals surface area contributed by atoms with Crippen molar-refractivity contribution in [3.05, 3.63) is 81.9 Å². The van der Waals surface area contributed by atoms with Crippen LogP contribution in [-0.2, 0) is 0 Å². The quantitative estimate of drug-likeness (QED) is 0.557. The number of anilines is 1. The van der Waals surface area contributed by atoms with E-state index in [1.807, 2.05) is 0 Å². The van der Waals surface area contributed by atoms with Gasteiger partial charge in [-0.2, -0.15) is 0 Å². The normalized spacial score (nSPS) is 10.5. The molecule has 0 saturated carbocycles. The van der Waals surface area contributed by atoms with Crippen LogP contribution in [0.25, 0.3) is 11.3 Å². The van der Waals surface area contributed by atoms with Crippen LogP contribution in [0.5, 0.6) is 0 Å². The third-order valence-corrected chi connectivity index (χ3v) is 3.57. The number of benzene rings is 2. The highest BCUT2D eigenvalue weighted by Gasteiger charge is 2.19. The van der Waals surface area contributed by atoms with Crippen LogP contribution >= 0.6 is 0 Å². The highest BCUT2D eigenvalue weighted by molar-refractivity contribution is 6.03. The van der Waals surface area contributed by atoms with Crippen LogP contribution in [0.15, 0.2) is 59.0 Å². The molecular formula is C18H13FN2O4. The number of hydrogen-bond acceptors (Lipinski definition) is 4. The molecule has 0 atom stereocenters. The van der Waals surface area contributed by atoms with Gasteiger partial charge in [0.05, 0.1) is 10.5 Å². The van der Waals surface area contributed by atoms with E-state index in [4.69, 9.17) is 4.42 Å². The van der Waals surface area contributed by atoms with E-state index < -0.39 is 16.6 Å². The zero-order chi connectivity index (χ0) is 18.0. The molecule has 6 nitrogen and oxygen atoms in total. The summed E-state index contributed by atoms with van der Waals surface area (Å²) < 4.78 is 19.2. The predicted octanol–water partition coefficient (Wildman–Crippen LogP) is 4.55. The molecule has 1 heterocycles. The van der Waals surface area contributed by atoms with E-state index in [0.717, 1.165) is 0 Å². The van der Waals surface area contributed by atoms with E-state index in [1.165, 1.54) is 36.4 Å². The molecule has 2 aromatic carbocycles. The van der Waals surface area contributed by atoms with Gasteiger partial charge in [-0.15, -0.1) is 0 Å². The third kappa shape index (κ3) is 3.40. The first-order chi connectivity index (χ1) is 12.0. The van der Waals surface area contributed by atoms with Gasteiger partial charge >= 0.3 is 0 Å². The number of carbonyl (C=O) groups is 1. The minimum absolute atomic E-state index is 0.0597. The Labute approximate surface area is 142 Å². The maximum Gasteiger partial charge on any atom is 0.293 e. The van der Waals surface area contributed by atoms with E-state index in [-0.39, 0.29) is 28.5 Å². The standard InChI is InChI=1S/C18H13FN2O4/c1-11-6-7-14(15(10-11)21(23)24)20-18(22)17-9-8-16(25-17)12-4-2-3-5-13(12)19/h2-10H,1H3,(H,20,22). The van der Waals surface area contributed by atoms with Gasteiger partial charge < -0.3 is 9.73 Å². The van der Waals surface area contributed by atoms with Crippen LogP contribution in [-0.4, -0.2) is 10.8 Å². The van der Waals surface area contributed by atoms with Crippen LogP contribution in [0.4, 0.5) is 15.8 Å². The molecular weight excluding hydrogens is 327 g/mol. The SMILES string of the molecule is Cc1ccc(NC(=O)c2ccc(-c3ccccc3F)o2)c([N+](=O)[O-])c1. The number of carbonyl (C=O) groups excluding carboxylic acids is 1. The van der Waals surface area contributed by atoms with E-state index in [1.54, 1.807) is 25.1 Å². The summed E-state index contributed by atoms with van der Waals surface area (Å²) in [6.45, 7) is 1.71. The summed E-state index contributed by atoms with van der Waals surface area (Å²) in [7, 11) is 0. The Morgan fingerprint density at radius 3 is 2.64 bits per heavy atom. The molecule has 0 aliphatic heterocycles. The zero-order valence-electron chi connectivity index (χ0n) is 13.2. The summed E-state index contributed by atoms with van der Waals surface area (Å²) in [5, 5.41) is 13.6. The summed E-state index contributed by atoms with van der Waals surface area (Å²) in [5.74, 6) is -1.01. The Hall–Kier alpha value is -3.48. The lowest BCUT2D eigenvalue weighted by Gasteiger charge is -2.05. The average molecular weight is 340 g/mol. The molecule has 0 fully saturated rings. The van der Waals surface area contributed by atoms with E-state index in [0.29, 0.717) is 5.56 Å². The van der Waals surface area contributed by atoms with Gasteiger partial charge in [0, 0.05) is 6.07 Å². The number of amides is 1. The molecule has 3 rings (SSSR count). The molecule has 1 aromatic heterocycles. The summed E-state index contributed by atoms with van der Waals surface area (Å²) in [6, 6.07) is 13.3. The predicted molar refractivity (Wildman–Crippen MR) is 89.9 cm³/mol. The van der Waals surface area contributed by atoms with Crippen LogP contribution < -0.4 is 5.32 Å². The molecule has 25 heavy (non-hydrogen) atoms. The second-order valence-corrected chi connectivity index (χ2v) is 5.38. The van der Waals surface area contributed by atoms with Gasteiger partial charge in [0.15, 0.2) is 5.76 Å². The first kappa shape index (κ1) is 16.4. The Bertz CT molecular complexity index is 965. The lowest BCUT2D eigenvalue weighted by molar-refractivity contribution is -0.384. The minimum Gasteiger partial charge on any atom is -0.451 e. The number of furan rings is 1. The monoisotopic (exact) mass is 340 g/mol. The molecule has 126 valence electrons. The summed E-state index contributed by atoms with van der Waals surface area (Å²) in [5.41, 5.74) is 0.770. The van der Waals surface area contributed by atoms with Crippen molar-refractivity contribution in [2.45, 2.75) is 6.92 Å². The van der Waals surface area contributed by atoms with Gasteiger partial charge in [-0.3, -0.25) is 14.9 Å². The van der Waals surface area contributed by atoms with Crippen molar-refractivity contribution in [3.8, 4) is 11.3 Å². The summed E-state index contributed by atoms with van der Waals surface area (Å²) in [4.78, 5) is 22.8. The first-order valence-electron chi connectivity index (χ1n) is 7.37. The highest BCUT2D eigenvalue weighted by Crippen LogP contribution is 2.28. The van der Waals surface area contributed by atoms with Gasteiger partial charge in [0.1, 0.15) is 17.3 Å². The fraction of sp³-hybridized carbons (Fsp3) is 0.0556. The molecule has 0 spiro atoms. The number of nitrogens with zero attached hydrogens (tertiary/aromatic N) is 1. The number of rotatable bonds is 4. The Balaban J connectivity index is 1.86. The van der Waals surface area contributed by atoms with Crippen LogP contribution in [0, 0.1) is 22.9 Å².